The number of nitrogens with one attached hydrogen (secondary N) is 1. The third-order valence-electron chi connectivity index (χ3n) is 3.12. The zero-order valence-electron chi connectivity index (χ0n) is 8.74. The van der Waals surface area contributed by atoms with Crippen molar-refractivity contribution in [2.24, 2.45) is 5.41 Å². The monoisotopic (exact) mass is 203 g/mol. The fourth-order valence-corrected chi connectivity index (χ4v) is 2.55. The molecule has 1 aliphatic carbocycles. The highest BCUT2D eigenvalue weighted by Gasteiger charge is 2.30. The summed E-state index contributed by atoms with van der Waals surface area (Å²) in [7, 11) is 0. The van der Waals surface area contributed by atoms with Gasteiger partial charge in [0, 0.05) is 12.4 Å². The van der Waals surface area contributed by atoms with Crippen molar-refractivity contribution >= 4 is 11.6 Å². The van der Waals surface area contributed by atoms with Gasteiger partial charge in [-0.1, -0.05) is 26.2 Å². The Hall–Kier alpha value is 0.250. The van der Waals surface area contributed by atoms with Crippen molar-refractivity contribution in [2.45, 2.75) is 45.4 Å². The second-order valence-electron chi connectivity index (χ2n) is 4.37. The fourth-order valence-electron chi connectivity index (χ4n) is 2.19. The Bertz CT molecular complexity index is 130. The zero-order chi connectivity index (χ0) is 9.57. The molecule has 0 amide bonds. The molecule has 1 nitrogen and oxygen atoms in total. The molecule has 0 aliphatic heterocycles. The third kappa shape index (κ3) is 3.47. The molecule has 0 spiro atoms. The molecule has 0 atom stereocenters. The van der Waals surface area contributed by atoms with E-state index in [9.17, 15) is 0 Å². The van der Waals surface area contributed by atoms with Crippen LogP contribution in [0.1, 0.15) is 45.4 Å². The van der Waals surface area contributed by atoms with E-state index in [2.05, 4.69) is 12.2 Å². The van der Waals surface area contributed by atoms with Crippen LogP contribution in [-0.2, 0) is 0 Å². The van der Waals surface area contributed by atoms with E-state index in [0.29, 0.717) is 5.41 Å². The molecule has 13 heavy (non-hydrogen) atoms. The Labute approximate surface area is 87.2 Å². The normalized spacial score (nSPS) is 21.7. The lowest BCUT2D eigenvalue weighted by Crippen LogP contribution is -2.37. The van der Waals surface area contributed by atoms with E-state index in [0.717, 1.165) is 19.0 Å². The molecule has 0 aromatic rings. The molecule has 0 radical (unpaired) electrons. The van der Waals surface area contributed by atoms with Crippen LogP contribution in [0.2, 0.25) is 0 Å². The predicted octanol–water partition coefficient (Wildman–Crippen LogP) is 3.18. The molecule has 1 aliphatic rings. The van der Waals surface area contributed by atoms with Gasteiger partial charge in [-0.15, -0.1) is 11.6 Å². The fraction of sp³-hybridized carbons (Fsp3) is 1.00. The van der Waals surface area contributed by atoms with Gasteiger partial charge in [-0.05, 0) is 31.2 Å². The van der Waals surface area contributed by atoms with Crippen LogP contribution >= 0.6 is 11.6 Å². The highest BCUT2D eigenvalue weighted by Crippen LogP contribution is 2.36. The van der Waals surface area contributed by atoms with Crippen molar-refractivity contribution in [1.29, 1.82) is 0 Å². The van der Waals surface area contributed by atoms with Gasteiger partial charge in [0.1, 0.15) is 0 Å². The van der Waals surface area contributed by atoms with E-state index < -0.39 is 0 Å². The van der Waals surface area contributed by atoms with Gasteiger partial charge in [0.2, 0.25) is 0 Å². The highest BCUT2D eigenvalue weighted by molar-refractivity contribution is 6.18. The molecular formula is C11H22ClN. The summed E-state index contributed by atoms with van der Waals surface area (Å²) in [5.74, 6) is 0.837. The van der Waals surface area contributed by atoms with E-state index in [4.69, 9.17) is 11.6 Å². The summed E-state index contributed by atoms with van der Waals surface area (Å²) in [6, 6.07) is 0. The van der Waals surface area contributed by atoms with Crippen LogP contribution in [-0.4, -0.2) is 19.0 Å². The maximum Gasteiger partial charge on any atom is 0.0292 e. The molecule has 1 rings (SSSR count). The van der Waals surface area contributed by atoms with Crippen molar-refractivity contribution < 1.29 is 0 Å². The molecule has 2 heteroatoms. The maximum atomic E-state index is 6.08. The van der Waals surface area contributed by atoms with Crippen molar-refractivity contribution in [3.05, 3.63) is 0 Å². The zero-order valence-corrected chi connectivity index (χ0v) is 9.50. The summed E-state index contributed by atoms with van der Waals surface area (Å²) in [6.07, 6.45) is 8.03. The number of hydrogen-bond acceptors (Lipinski definition) is 1. The lowest BCUT2D eigenvalue weighted by molar-refractivity contribution is 0.213. The summed E-state index contributed by atoms with van der Waals surface area (Å²) in [5, 5.41) is 3.51. The van der Waals surface area contributed by atoms with Crippen LogP contribution in [0.3, 0.4) is 0 Å². The number of hydrogen-bond donors (Lipinski definition) is 1. The molecule has 0 saturated heterocycles. The number of rotatable bonds is 5. The van der Waals surface area contributed by atoms with Crippen LogP contribution in [0.4, 0.5) is 0 Å². The molecule has 0 bridgehead atoms. The van der Waals surface area contributed by atoms with Gasteiger partial charge in [0.15, 0.2) is 0 Å². The van der Waals surface area contributed by atoms with E-state index >= 15 is 0 Å². The summed E-state index contributed by atoms with van der Waals surface area (Å²) >= 11 is 6.08. The Balaban J connectivity index is 2.29. The Morgan fingerprint density at radius 3 is 2.46 bits per heavy atom. The summed E-state index contributed by atoms with van der Waals surface area (Å²) in [4.78, 5) is 0. The topological polar surface area (TPSA) is 12.0 Å². The van der Waals surface area contributed by atoms with E-state index in [1.165, 1.54) is 38.5 Å². The quantitative estimate of drug-likeness (QED) is 0.535. The average Bonchev–Trinajstić information content (AvgIpc) is 2.20. The first-order chi connectivity index (χ1) is 6.33. The minimum Gasteiger partial charge on any atom is -0.316 e. The first-order valence-electron chi connectivity index (χ1n) is 5.60. The molecule has 0 unspecified atom stereocenters. The second-order valence-corrected chi connectivity index (χ2v) is 4.64. The van der Waals surface area contributed by atoms with Gasteiger partial charge in [-0.3, -0.25) is 0 Å². The Morgan fingerprint density at radius 2 is 1.92 bits per heavy atom. The molecule has 78 valence electrons. The Kier molecular flexibility index (Phi) is 5.12. The van der Waals surface area contributed by atoms with Gasteiger partial charge >= 0.3 is 0 Å². The molecule has 1 N–H and O–H groups in total. The lowest BCUT2D eigenvalue weighted by Gasteiger charge is -2.35. The van der Waals surface area contributed by atoms with Crippen LogP contribution in [0.25, 0.3) is 0 Å². The van der Waals surface area contributed by atoms with Crippen molar-refractivity contribution in [3.8, 4) is 0 Å². The lowest BCUT2D eigenvalue weighted by atomic mass is 9.75. The van der Waals surface area contributed by atoms with Crippen molar-refractivity contribution in [1.82, 2.24) is 5.32 Å². The predicted molar refractivity (Wildman–Crippen MR) is 59.4 cm³/mol. The van der Waals surface area contributed by atoms with E-state index in [1.807, 2.05) is 0 Å². The van der Waals surface area contributed by atoms with Crippen LogP contribution in [0.5, 0.6) is 0 Å². The van der Waals surface area contributed by atoms with Gasteiger partial charge in [0.25, 0.3) is 0 Å². The standard InChI is InChI=1S/C11H22ClN/c1-2-8-13-10-11(9-12)6-4-3-5-7-11/h13H,2-10H2,1H3. The average molecular weight is 204 g/mol. The van der Waals surface area contributed by atoms with Crippen LogP contribution in [0.15, 0.2) is 0 Å². The van der Waals surface area contributed by atoms with Gasteiger partial charge < -0.3 is 5.32 Å². The summed E-state index contributed by atoms with van der Waals surface area (Å²) in [6.45, 7) is 4.48. The minimum atomic E-state index is 0.426. The van der Waals surface area contributed by atoms with Crippen molar-refractivity contribution in [2.75, 3.05) is 19.0 Å². The van der Waals surface area contributed by atoms with E-state index in [1.54, 1.807) is 0 Å². The van der Waals surface area contributed by atoms with Crippen molar-refractivity contribution in [3.63, 3.8) is 0 Å². The molecule has 0 heterocycles. The largest absolute Gasteiger partial charge is 0.316 e. The highest BCUT2D eigenvalue weighted by atomic mass is 35.5. The van der Waals surface area contributed by atoms with Gasteiger partial charge in [-0.25, -0.2) is 0 Å². The minimum absolute atomic E-state index is 0.426. The summed E-state index contributed by atoms with van der Waals surface area (Å²) in [5.41, 5.74) is 0.426. The molecular weight excluding hydrogens is 182 g/mol. The first kappa shape index (κ1) is 11.3. The van der Waals surface area contributed by atoms with Gasteiger partial charge in [0.05, 0.1) is 0 Å². The number of halogens is 1. The molecule has 0 aromatic heterocycles. The smallest absolute Gasteiger partial charge is 0.0292 e. The second kappa shape index (κ2) is 5.87. The first-order valence-corrected chi connectivity index (χ1v) is 6.13. The van der Waals surface area contributed by atoms with Gasteiger partial charge in [-0.2, -0.15) is 0 Å². The third-order valence-corrected chi connectivity index (χ3v) is 3.69. The van der Waals surface area contributed by atoms with Crippen LogP contribution in [0, 0.1) is 5.41 Å². The molecule has 1 saturated carbocycles. The molecule has 0 aromatic carbocycles. The summed E-state index contributed by atoms with van der Waals surface area (Å²) < 4.78 is 0. The van der Waals surface area contributed by atoms with Crippen LogP contribution < -0.4 is 5.32 Å². The maximum absolute atomic E-state index is 6.08. The molecule has 1 fully saturated rings. The SMILES string of the molecule is CCCNCC1(CCl)CCCCC1. The van der Waals surface area contributed by atoms with E-state index in [-0.39, 0.29) is 0 Å². The Morgan fingerprint density at radius 1 is 1.23 bits per heavy atom. The number of alkyl halides is 1.